The number of allylic oxidation sites excluding steroid dienone is 2. The standard InChI is InChI=1S/C19H26O5/c20-14-3-4-15-13(12-14)2-5-16-18(15,17-21-8-9-22-17)6-1-7-19(16)23-10-11-24-19/h12,15-17H,1-11H2/t15-,16+,18-/m1/s1. The Balaban J connectivity index is 1.61. The van der Waals surface area contributed by atoms with Crippen LogP contribution in [-0.2, 0) is 23.7 Å². The second-order valence-electron chi connectivity index (χ2n) is 7.92. The molecule has 4 fully saturated rings. The lowest BCUT2D eigenvalue weighted by Gasteiger charge is -2.60. The number of ether oxygens (including phenoxy) is 4. The first kappa shape index (κ1) is 15.5. The summed E-state index contributed by atoms with van der Waals surface area (Å²) in [6.45, 7) is 2.70. The summed E-state index contributed by atoms with van der Waals surface area (Å²) in [6.07, 6.45) is 8.38. The van der Waals surface area contributed by atoms with E-state index in [-0.39, 0.29) is 17.5 Å². The van der Waals surface area contributed by atoms with Gasteiger partial charge in [-0.3, -0.25) is 4.79 Å². The van der Waals surface area contributed by atoms with Crippen LogP contribution < -0.4 is 0 Å². The monoisotopic (exact) mass is 334 g/mol. The van der Waals surface area contributed by atoms with E-state index in [0.29, 0.717) is 44.7 Å². The summed E-state index contributed by atoms with van der Waals surface area (Å²) in [5, 5.41) is 0. The van der Waals surface area contributed by atoms with Gasteiger partial charge in [0.25, 0.3) is 0 Å². The largest absolute Gasteiger partial charge is 0.350 e. The molecule has 5 aliphatic rings. The normalized spacial score (nSPS) is 42.0. The Kier molecular flexibility index (Phi) is 3.64. The smallest absolute Gasteiger partial charge is 0.172 e. The molecule has 3 aliphatic carbocycles. The Morgan fingerprint density at radius 1 is 0.958 bits per heavy atom. The Morgan fingerprint density at radius 3 is 2.54 bits per heavy atom. The molecule has 0 aromatic heterocycles. The highest BCUT2D eigenvalue weighted by molar-refractivity contribution is 5.91. The third kappa shape index (κ3) is 2.05. The van der Waals surface area contributed by atoms with Gasteiger partial charge in [0.1, 0.15) is 0 Å². The van der Waals surface area contributed by atoms with Gasteiger partial charge in [-0.05, 0) is 44.1 Å². The first-order valence-corrected chi connectivity index (χ1v) is 9.49. The van der Waals surface area contributed by atoms with E-state index in [1.807, 2.05) is 6.08 Å². The highest BCUT2D eigenvalue weighted by Crippen LogP contribution is 2.64. The van der Waals surface area contributed by atoms with Crippen molar-refractivity contribution in [3.8, 4) is 0 Å². The van der Waals surface area contributed by atoms with E-state index in [2.05, 4.69) is 0 Å². The van der Waals surface area contributed by atoms with Gasteiger partial charge in [0.2, 0.25) is 0 Å². The Morgan fingerprint density at radius 2 is 1.75 bits per heavy atom. The predicted octanol–water partition coefficient (Wildman–Crippen LogP) is 2.59. The van der Waals surface area contributed by atoms with Crippen molar-refractivity contribution in [2.75, 3.05) is 26.4 Å². The molecule has 0 aromatic rings. The van der Waals surface area contributed by atoms with Crippen molar-refractivity contribution in [2.24, 2.45) is 17.3 Å². The highest BCUT2D eigenvalue weighted by Gasteiger charge is 2.65. The van der Waals surface area contributed by atoms with Crippen molar-refractivity contribution in [1.82, 2.24) is 0 Å². The van der Waals surface area contributed by atoms with Crippen molar-refractivity contribution in [2.45, 2.75) is 57.0 Å². The summed E-state index contributed by atoms with van der Waals surface area (Å²) in [4.78, 5) is 12.0. The molecule has 5 nitrogen and oxygen atoms in total. The van der Waals surface area contributed by atoms with Gasteiger partial charge < -0.3 is 18.9 Å². The number of carbonyl (C=O) groups excluding carboxylic acids is 1. The molecule has 5 heteroatoms. The Labute approximate surface area is 142 Å². The minimum Gasteiger partial charge on any atom is -0.350 e. The van der Waals surface area contributed by atoms with Gasteiger partial charge in [-0.2, -0.15) is 0 Å². The maximum Gasteiger partial charge on any atom is 0.172 e. The first-order valence-electron chi connectivity index (χ1n) is 9.49. The van der Waals surface area contributed by atoms with E-state index < -0.39 is 5.79 Å². The van der Waals surface area contributed by atoms with Crippen LogP contribution in [0.4, 0.5) is 0 Å². The van der Waals surface area contributed by atoms with E-state index in [1.54, 1.807) is 0 Å². The van der Waals surface area contributed by atoms with Crippen molar-refractivity contribution in [3.63, 3.8) is 0 Å². The van der Waals surface area contributed by atoms with E-state index in [0.717, 1.165) is 38.5 Å². The summed E-state index contributed by atoms with van der Waals surface area (Å²) in [7, 11) is 0. The van der Waals surface area contributed by atoms with Gasteiger partial charge in [-0.15, -0.1) is 0 Å². The molecule has 5 rings (SSSR count). The SMILES string of the molecule is O=C1C=C2CC[C@@H]3C4(CCC[C@@]3(C3OCCO3)[C@@H]2CC1)OCCO4. The maximum atomic E-state index is 12.0. The second-order valence-corrected chi connectivity index (χ2v) is 7.92. The lowest BCUT2D eigenvalue weighted by atomic mass is 9.49. The number of hydrogen-bond acceptors (Lipinski definition) is 5. The van der Waals surface area contributed by atoms with E-state index in [4.69, 9.17) is 18.9 Å². The average Bonchev–Trinajstić information content (AvgIpc) is 3.27. The molecule has 1 spiro atoms. The molecule has 2 saturated carbocycles. The molecule has 0 unspecified atom stereocenters. The molecular formula is C19H26O5. The highest BCUT2D eigenvalue weighted by atomic mass is 16.7. The minimum absolute atomic E-state index is 0.107. The van der Waals surface area contributed by atoms with Crippen LogP contribution in [0.1, 0.15) is 44.9 Å². The van der Waals surface area contributed by atoms with Crippen LogP contribution in [0.3, 0.4) is 0 Å². The third-order valence-electron chi connectivity index (χ3n) is 7.00. The van der Waals surface area contributed by atoms with Gasteiger partial charge in [0.05, 0.1) is 26.4 Å². The molecule has 0 radical (unpaired) electrons. The lowest BCUT2D eigenvalue weighted by Crippen LogP contribution is -2.62. The summed E-state index contributed by atoms with van der Waals surface area (Å²) < 4.78 is 24.6. The fraction of sp³-hybridized carbons (Fsp3) is 0.842. The summed E-state index contributed by atoms with van der Waals surface area (Å²) in [5.74, 6) is 0.476. The number of hydrogen-bond donors (Lipinski definition) is 0. The molecule has 0 N–H and O–H groups in total. The Hall–Kier alpha value is -0.750. The van der Waals surface area contributed by atoms with Gasteiger partial charge in [0, 0.05) is 24.2 Å². The van der Waals surface area contributed by atoms with Crippen LogP contribution in [0.5, 0.6) is 0 Å². The number of carbonyl (C=O) groups is 1. The van der Waals surface area contributed by atoms with Crippen molar-refractivity contribution in [3.05, 3.63) is 11.6 Å². The van der Waals surface area contributed by atoms with Gasteiger partial charge in [0.15, 0.2) is 17.9 Å². The predicted molar refractivity (Wildman–Crippen MR) is 85.1 cm³/mol. The van der Waals surface area contributed by atoms with Crippen LogP contribution in [0.25, 0.3) is 0 Å². The van der Waals surface area contributed by atoms with Crippen LogP contribution in [-0.4, -0.2) is 44.3 Å². The van der Waals surface area contributed by atoms with Gasteiger partial charge in [-0.25, -0.2) is 0 Å². The summed E-state index contributed by atoms with van der Waals surface area (Å²) >= 11 is 0. The lowest BCUT2D eigenvalue weighted by molar-refractivity contribution is -0.300. The molecular weight excluding hydrogens is 308 g/mol. The van der Waals surface area contributed by atoms with Crippen molar-refractivity contribution in [1.29, 1.82) is 0 Å². The minimum atomic E-state index is -0.458. The molecule has 0 bridgehead atoms. The fourth-order valence-corrected chi connectivity index (χ4v) is 6.26. The molecule has 3 atom stereocenters. The summed E-state index contributed by atoms with van der Waals surface area (Å²) in [6, 6.07) is 0. The van der Waals surface area contributed by atoms with Crippen LogP contribution in [0, 0.1) is 17.3 Å². The molecule has 2 aliphatic heterocycles. The zero-order valence-corrected chi connectivity index (χ0v) is 14.1. The Bertz CT molecular complexity index is 558. The van der Waals surface area contributed by atoms with Crippen LogP contribution in [0.15, 0.2) is 11.6 Å². The first-order chi connectivity index (χ1) is 11.7. The zero-order chi connectivity index (χ0) is 16.2. The molecule has 24 heavy (non-hydrogen) atoms. The molecule has 0 aromatic carbocycles. The van der Waals surface area contributed by atoms with E-state index in [1.165, 1.54) is 5.57 Å². The average molecular weight is 334 g/mol. The van der Waals surface area contributed by atoms with Crippen molar-refractivity contribution < 1.29 is 23.7 Å². The molecule has 2 heterocycles. The summed E-state index contributed by atoms with van der Waals surface area (Å²) in [5.41, 5.74) is 1.21. The zero-order valence-electron chi connectivity index (χ0n) is 14.1. The third-order valence-corrected chi connectivity index (χ3v) is 7.00. The fourth-order valence-electron chi connectivity index (χ4n) is 6.26. The van der Waals surface area contributed by atoms with Gasteiger partial charge >= 0.3 is 0 Å². The number of ketones is 1. The van der Waals surface area contributed by atoms with E-state index in [9.17, 15) is 4.79 Å². The topological polar surface area (TPSA) is 54.0 Å². The van der Waals surface area contributed by atoms with Crippen LogP contribution >= 0.6 is 0 Å². The number of fused-ring (bicyclic) bond motifs is 4. The van der Waals surface area contributed by atoms with E-state index >= 15 is 0 Å². The second kappa shape index (κ2) is 5.63. The van der Waals surface area contributed by atoms with Crippen LogP contribution in [0.2, 0.25) is 0 Å². The maximum absolute atomic E-state index is 12.0. The molecule has 132 valence electrons. The van der Waals surface area contributed by atoms with Gasteiger partial charge in [-0.1, -0.05) is 5.57 Å². The quantitative estimate of drug-likeness (QED) is 0.738. The van der Waals surface area contributed by atoms with Crippen molar-refractivity contribution >= 4 is 5.78 Å². The molecule has 2 saturated heterocycles. The number of rotatable bonds is 1. The molecule has 0 amide bonds.